The third-order valence-electron chi connectivity index (χ3n) is 3.96. The Bertz CT molecular complexity index is 436. The van der Waals surface area contributed by atoms with E-state index in [1.54, 1.807) is 0 Å². The van der Waals surface area contributed by atoms with Gasteiger partial charge in [0, 0.05) is 17.5 Å². The lowest BCUT2D eigenvalue weighted by molar-refractivity contribution is 0.356. The van der Waals surface area contributed by atoms with Gasteiger partial charge in [-0.3, -0.25) is 0 Å². The summed E-state index contributed by atoms with van der Waals surface area (Å²) in [5, 5.41) is 13.7. The monoisotopic (exact) mass is 233 g/mol. The molecule has 1 saturated heterocycles. The normalized spacial score (nSPS) is 20.1. The van der Waals surface area contributed by atoms with Crippen molar-refractivity contribution in [2.75, 3.05) is 19.7 Å². The molecule has 17 heavy (non-hydrogen) atoms. The first-order chi connectivity index (χ1) is 8.27. The number of piperidine rings is 1. The van der Waals surface area contributed by atoms with Crippen LogP contribution in [0, 0.1) is 6.92 Å². The van der Waals surface area contributed by atoms with Gasteiger partial charge in [-0.1, -0.05) is 0 Å². The van der Waals surface area contributed by atoms with E-state index in [0.29, 0.717) is 11.7 Å². The number of aryl methyl sites for hydroxylation is 1. The molecule has 0 spiro atoms. The van der Waals surface area contributed by atoms with Crippen LogP contribution in [0.4, 0.5) is 0 Å². The van der Waals surface area contributed by atoms with Crippen LogP contribution in [0.3, 0.4) is 0 Å². The van der Waals surface area contributed by atoms with Crippen molar-refractivity contribution in [3.8, 4) is 11.5 Å². The van der Waals surface area contributed by atoms with E-state index in [2.05, 4.69) is 5.32 Å². The van der Waals surface area contributed by atoms with Crippen LogP contribution in [0.1, 0.15) is 35.4 Å². The minimum absolute atomic E-state index is 0.492. The van der Waals surface area contributed by atoms with Crippen molar-refractivity contribution >= 4 is 0 Å². The van der Waals surface area contributed by atoms with Gasteiger partial charge in [0.05, 0.1) is 6.61 Å². The summed E-state index contributed by atoms with van der Waals surface area (Å²) in [6, 6.07) is 1.97. The van der Waals surface area contributed by atoms with Crippen LogP contribution < -0.4 is 10.1 Å². The number of ether oxygens (including phenoxy) is 1. The summed E-state index contributed by atoms with van der Waals surface area (Å²) in [4.78, 5) is 0. The van der Waals surface area contributed by atoms with Gasteiger partial charge in [-0.25, -0.2) is 0 Å². The number of phenolic OH excluding ortho intramolecular Hbond substituents is 1. The van der Waals surface area contributed by atoms with Crippen molar-refractivity contribution < 1.29 is 9.84 Å². The maximum atomic E-state index is 10.3. The lowest BCUT2D eigenvalue weighted by Gasteiger charge is -2.26. The average Bonchev–Trinajstić information content (AvgIpc) is 2.79. The molecule has 3 rings (SSSR count). The lowest BCUT2D eigenvalue weighted by atomic mass is 9.84. The van der Waals surface area contributed by atoms with Crippen molar-refractivity contribution in [3.63, 3.8) is 0 Å². The van der Waals surface area contributed by atoms with Gasteiger partial charge in [0.2, 0.25) is 0 Å². The molecule has 0 aliphatic carbocycles. The second kappa shape index (κ2) is 4.22. The molecule has 0 bridgehead atoms. The smallest absolute Gasteiger partial charge is 0.123 e. The maximum absolute atomic E-state index is 10.3. The van der Waals surface area contributed by atoms with Crippen LogP contribution >= 0.6 is 0 Å². The fourth-order valence-corrected chi connectivity index (χ4v) is 3.04. The largest absolute Gasteiger partial charge is 0.507 e. The molecule has 0 unspecified atom stereocenters. The highest BCUT2D eigenvalue weighted by molar-refractivity contribution is 5.55. The summed E-state index contributed by atoms with van der Waals surface area (Å²) in [6.45, 7) is 4.82. The maximum Gasteiger partial charge on any atom is 0.123 e. The molecule has 0 aromatic heterocycles. The zero-order valence-corrected chi connectivity index (χ0v) is 10.3. The number of rotatable bonds is 1. The standard InChI is InChI=1S/C14H19NO2/c1-9-8-12-11(4-7-17-12)13(14(9)16)10-2-5-15-6-3-10/h8,10,15-16H,2-7H2,1H3. The molecule has 1 aromatic carbocycles. The SMILES string of the molecule is Cc1cc2c(c(C3CCNCC3)c1O)CCO2. The van der Waals surface area contributed by atoms with Gasteiger partial charge in [-0.2, -0.15) is 0 Å². The zero-order valence-electron chi connectivity index (χ0n) is 10.3. The second-order valence-electron chi connectivity index (χ2n) is 5.06. The molecule has 0 atom stereocenters. The number of hydrogen-bond acceptors (Lipinski definition) is 3. The van der Waals surface area contributed by atoms with E-state index in [-0.39, 0.29) is 0 Å². The van der Waals surface area contributed by atoms with Crippen molar-refractivity contribution in [1.29, 1.82) is 0 Å². The molecule has 2 heterocycles. The Morgan fingerprint density at radius 3 is 2.88 bits per heavy atom. The van der Waals surface area contributed by atoms with Crippen LogP contribution in [0.15, 0.2) is 6.07 Å². The van der Waals surface area contributed by atoms with Crippen LogP contribution in [0.5, 0.6) is 11.5 Å². The van der Waals surface area contributed by atoms with Gasteiger partial charge in [0.15, 0.2) is 0 Å². The van der Waals surface area contributed by atoms with Gasteiger partial charge < -0.3 is 15.2 Å². The lowest BCUT2D eigenvalue weighted by Crippen LogP contribution is -2.27. The van der Waals surface area contributed by atoms with Crippen LogP contribution in [-0.4, -0.2) is 24.8 Å². The van der Waals surface area contributed by atoms with Crippen LogP contribution in [-0.2, 0) is 6.42 Å². The summed E-state index contributed by atoms with van der Waals surface area (Å²) in [5.41, 5.74) is 3.36. The molecule has 2 aliphatic rings. The molecule has 0 radical (unpaired) electrons. The molecular weight excluding hydrogens is 214 g/mol. The number of nitrogens with one attached hydrogen (secondary N) is 1. The summed E-state index contributed by atoms with van der Waals surface area (Å²) in [6.07, 6.45) is 3.18. The molecule has 2 N–H and O–H groups in total. The Morgan fingerprint density at radius 1 is 1.35 bits per heavy atom. The number of benzene rings is 1. The van der Waals surface area contributed by atoms with Crippen molar-refractivity contribution in [3.05, 3.63) is 22.8 Å². The molecule has 3 nitrogen and oxygen atoms in total. The number of aromatic hydroxyl groups is 1. The predicted molar refractivity (Wildman–Crippen MR) is 66.9 cm³/mol. The summed E-state index contributed by atoms with van der Waals surface area (Å²) in [7, 11) is 0. The highest BCUT2D eigenvalue weighted by Crippen LogP contribution is 2.43. The molecule has 1 fully saturated rings. The Balaban J connectivity index is 2.07. The Labute approximate surface area is 102 Å². The summed E-state index contributed by atoms with van der Waals surface area (Å²) < 4.78 is 5.64. The summed E-state index contributed by atoms with van der Waals surface area (Å²) >= 11 is 0. The predicted octanol–water partition coefficient (Wildman–Crippen LogP) is 2.10. The summed E-state index contributed by atoms with van der Waals surface area (Å²) in [5.74, 6) is 1.99. The van der Waals surface area contributed by atoms with Crippen molar-refractivity contribution in [2.24, 2.45) is 0 Å². The number of hydrogen-bond donors (Lipinski definition) is 2. The number of phenols is 1. The second-order valence-corrected chi connectivity index (χ2v) is 5.06. The van der Waals surface area contributed by atoms with Crippen molar-refractivity contribution in [2.45, 2.75) is 32.1 Å². The third kappa shape index (κ3) is 1.78. The van der Waals surface area contributed by atoms with E-state index < -0.39 is 0 Å². The van der Waals surface area contributed by atoms with Gasteiger partial charge in [0.25, 0.3) is 0 Å². The van der Waals surface area contributed by atoms with Crippen molar-refractivity contribution in [1.82, 2.24) is 5.32 Å². The molecule has 0 amide bonds. The minimum Gasteiger partial charge on any atom is -0.507 e. The quantitative estimate of drug-likeness (QED) is 0.780. The zero-order chi connectivity index (χ0) is 11.8. The van der Waals surface area contributed by atoms with E-state index in [1.165, 1.54) is 11.1 Å². The van der Waals surface area contributed by atoms with E-state index in [9.17, 15) is 5.11 Å². The topological polar surface area (TPSA) is 41.5 Å². The van der Waals surface area contributed by atoms with E-state index in [4.69, 9.17) is 4.74 Å². The highest BCUT2D eigenvalue weighted by Gasteiger charge is 2.27. The molecular formula is C14H19NO2. The van der Waals surface area contributed by atoms with Gasteiger partial charge in [0.1, 0.15) is 11.5 Å². The van der Waals surface area contributed by atoms with Gasteiger partial charge in [-0.05, 0) is 50.4 Å². The Morgan fingerprint density at radius 2 is 2.12 bits per heavy atom. The molecule has 92 valence electrons. The fourth-order valence-electron chi connectivity index (χ4n) is 3.04. The molecule has 1 aromatic rings. The molecule has 3 heteroatoms. The first kappa shape index (κ1) is 10.9. The Kier molecular flexibility index (Phi) is 2.71. The van der Waals surface area contributed by atoms with E-state index >= 15 is 0 Å². The van der Waals surface area contributed by atoms with Gasteiger partial charge >= 0.3 is 0 Å². The third-order valence-corrected chi connectivity index (χ3v) is 3.96. The highest BCUT2D eigenvalue weighted by atomic mass is 16.5. The number of fused-ring (bicyclic) bond motifs is 1. The molecule has 0 saturated carbocycles. The first-order valence-corrected chi connectivity index (χ1v) is 6.46. The Hall–Kier alpha value is -1.22. The average molecular weight is 233 g/mol. The molecule has 2 aliphatic heterocycles. The van der Waals surface area contributed by atoms with Gasteiger partial charge in [-0.15, -0.1) is 0 Å². The minimum atomic E-state index is 0.492. The van der Waals surface area contributed by atoms with E-state index in [0.717, 1.165) is 50.3 Å². The fraction of sp³-hybridized carbons (Fsp3) is 0.571. The van der Waals surface area contributed by atoms with Crippen LogP contribution in [0.25, 0.3) is 0 Å². The first-order valence-electron chi connectivity index (χ1n) is 6.46. The van der Waals surface area contributed by atoms with Crippen LogP contribution in [0.2, 0.25) is 0 Å². The van der Waals surface area contributed by atoms with E-state index in [1.807, 2.05) is 13.0 Å².